The standard InChI is InChI=1S/C19H26N4O3S/c1-2-27(24,25)23-13-11-18(12-14-23,15-7-4-3-5-8-15)17-21-16(22-26-17)19(20)9-6-10-19/h3-5,7-8H,2,6,9-14,20H2,1H3. The molecule has 2 fully saturated rings. The van der Waals surface area contributed by atoms with E-state index in [9.17, 15) is 8.42 Å². The van der Waals surface area contributed by atoms with Crippen molar-refractivity contribution in [1.82, 2.24) is 14.4 Å². The summed E-state index contributed by atoms with van der Waals surface area (Å²) < 4.78 is 31.9. The molecule has 1 aromatic carbocycles. The number of hydrogen-bond donors (Lipinski definition) is 1. The molecule has 1 aliphatic heterocycles. The molecule has 8 heteroatoms. The van der Waals surface area contributed by atoms with Gasteiger partial charge in [-0.3, -0.25) is 0 Å². The Morgan fingerprint density at radius 2 is 1.81 bits per heavy atom. The van der Waals surface area contributed by atoms with Crippen LogP contribution in [0.4, 0.5) is 0 Å². The smallest absolute Gasteiger partial charge is 0.237 e. The number of sulfonamides is 1. The highest BCUT2D eigenvalue weighted by atomic mass is 32.2. The third-order valence-corrected chi connectivity index (χ3v) is 8.07. The molecule has 0 atom stereocenters. The van der Waals surface area contributed by atoms with Gasteiger partial charge in [0.2, 0.25) is 15.9 Å². The van der Waals surface area contributed by atoms with Gasteiger partial charge in [-0.1, -0.05) is 35.5 Å². The zero-order chi connectivity index (χ0) is 19.1. The summed E-state index contributed by atoms with van der Waals surface area (Å²) in [6.45, 7) is 2.56. The summed E-state index contributed by atoms with van der Waals surface area (Å²) in [7, 11) is -3.20. The second-order valence-electron chi connectivity index (χ2n) is 7.68. The number of nitrogens with zero attached hydrogens (tertiary/aromatic N) is 3. The van der Waals surface area contributed by atoms with Crippen molar-refractivity contribution >= 4 is 10.0 Å². The Morgan fingerprint density at radius 1 is 1.15 bits per heavy atom. The van der Waals surface area contributed by atoms with Gasteiger partial charge in [0.1, 0.15) is 0 Å². The topological polar surface area (TPSA) is 102 Å². The molecule has 27 heavy (non-hydrogen) atoms. The Hall–Kier alpha value is -1.77. The van der Waals surface area contributed by atoms with Crippen LogP contribution in [0.3, 0.4) is 0 Å². The fourth-order valence-electron chi connectivity index (χ4n) is 4.11. The largest absolute Gasteiger partial charge is 0.338 e. The van der Waals surface area contributed by atoms with Crippen LogP contribution in [-0.2, 0) is 21.0 Å². The average molecular weight is 391 g/mol. The van der Waals surface area contributed by atoms with E-state index in [1.54, 1.807) is 11.2 Å². The first-order valence-electron chi connectivity index (χ1n) is 9.57. The number of nitrogens with two attached hydrogens (primary N) is 1. The van der Waals surface area contributed by atoms with Crippen LogP contribution in [-0.4, -0.2) is 41.7 Å². The molecule has 0 unspecified atom stereocenters. The maximum absolute atomic E-state index is 12.3. The first kappa shape index (κ1) is 18.6. The van der Waals surface area contributed by atoms with Gasteiger partial charge in [0.15, 0.2) is 5.82 Å². The summed E-state index contributed by atoms with van der Waals surface area (Å²) in [5.74, 6) is 1.24. The van der Waals surface area contributed by atoms with E-state index in [1.807, 2.05) is 18.2 Å². The number of rotatable bonds is 5. The van der Waals surface area contributed by atoms with E-state index < -0.39 is 21.0 Å². The number of piperidine rings is 1. The summed E-state index contributed by atoms with van der Waals surface area (Å²) >= 11 is 0. The lowest BCUT2D eigenvalue weighted by Gasteiger charge is -2.39. The van der Waals surface area contributed by atoms with E-state index in [0.29, 0.717) is 37.6 Å². The molecule has 146 valence electrons. The van der Waals surface area contributed by atoms with E-state index in [1.165, 1.54) is 0 Å². The lowest BCUT2D eigenvalue weighted by molar-refractivity contribution is 0.209. The Labute approximate surface area is 160 Å². The third-order valence-electron chi connectivity index (χ3n) is 6.19. The summed E-state index contributed by atoms with van der Waals surface area (Å²) in [5, 5.41) is 4.20. The molecule has 1 aliphatic carbocycles. The zero-order valence-corrected chi connectivity index (χ0v) is 16.4. The molecule has 0 amide bonds. The van der Waals surface area contributed by atoms with Gasteiger partial charge in [-0.25, -0.2) is 12.7 Å². The highest BCUT2D eigenvalue weighted by Gasteiger charge is 2.46. The molecule has 2 aliphatic rings. The molecule has 1 saturated carbocycles. The van der Waals surface area contributed by atoms with Crippen molar-refractivity contribution in [3.8, 4) is 0 Å². The molecule has 0 radical (unpaired) electrons. The van der Waals surface area contributed by atoms with Crippen molar-refractivity contribution in [2.24, 2.45) is 5.73 Å². The van der Waals surface area contributed by atoms with E-state index in [2.05, 4.69) is 17.3 Å². The summed E-state index contributed by atoms with van der Waals surface area (Å²) in [6.07, 6.45) is 4.03. The van der Waals surface area contributed by atoms with Crippen molar-refractivity contribution in [3.63, 3.8) is 0 Å². The van der Waals surface area contributed by atoms with Gasteiger partial charge in [-0.15, -0.1) is 0 Å². The second-order valence-corrected chi connectivity index (χ2v) is 9.94. The van der Waals surface area contributed by atoms with Crippen LogP contribution >= 0.6 is 0 Å². The number of hydrogen-bond acceptors (Lipinski definition) is 6. The minimum absolute atomic E-state index is 0.117. The quantitative estimate of drug-likeness (QED) is 0.839. The second kappa shape index (κ2) is 6.68. The maximum atomic E-state index is 12.3. The molecule has 0 bridgehead atoms. The summed E-state index contributed by atoms with van der Waals surface area (Å²) in [6, 6.07) is 10.0. The van der Waals surface area contributed by atoms with Crippen LogP contribution < -0.4 is 5.73 Å². The lowest BCUT2D eigenvalue weighted by Crippen LogP contribution is -2.47. The van der Waals surface area contributed by atoms with Crippen molar-refractivity contribution in [1.29, 1.82) is 0 Å². The molecule has 2 heterocycles. The van der Waals surface area contributed by atoms with E-state index in [0.717, 1.165) is 24.8 Å². The van der Waals surface area contributed by atoms with Crippen LogP contribution in [0.5, 0.6) is 0 Å². The first-order chi connectivity index (χ1) is 12.9. The Morgan fingerprint density at radius 3 is 2.37 bits per heavy atom. The molecule has 2 N–H and O–H groups in total. The Kier molecular flexibility index (Phi) is 4.60. The van der Waals surface area contributed by atoms with Crippen LogP contribution in [0, 0.1) is 0 Å². The van der Waals surface area contributed by atoms with E-state index >= 15 is 0 Å². The highest BCUT2D eigenvalue weighted by molar-refractivity contribution is 7.89. The molecule has 1 saturated heterocycles. The molecule has 7 nitrogen and oxygen atoms in total. The predicted molar refractivity (Wildman–Crippen MR) is 102 cm³/mol. The van der Waals surface area contributed by atoms with Gasteiger partial charge in [-0.2, -0.15) is 4.98 Å². The normalized spacial score (nSPS) is 22.3. The van der Waals surface area contributed by atoms with Crippen molar-refractivity contribution < 1.29 is 12.9 Å². The van der Waals surface area contributed by atoms with Crippen molar-refractivity contribution in [2.75, 3.05) is 18.8 Å². The van der Waals surface area contributed by atoms with Gasteiger partial charge >= 0.3 is 0 Å². The highest BCUT2D eigenvalue weighted by Crippen LogP contribution is 2.43. The van der Waals surface area contributed by atoms with Crippen molar-refractivity contribution in [3.05, 3.63) is 47.6 Å². The van der Waals surface area contributed by atoms with Gasteiger partial charge in [0, 0.05) is 13.1 Å². The molecular formula is C19H26N4O3S. The zero-order valence-electron chi connectivity index (χ0n) is 15.6. The fourth-order valence-corrected chi connectivity index (χ4v) is 5.22. The van der Waals surface area contributed by atoms with E-state index in [-0.39, 0.29) is 5.75 Å². The third kappa shape index (κ3) is 3.09. The van der Waals surface area contributed by atoms with Gasteiger partial charge < -0.3 is 10.3 Å². The average Bonchev–Trinajstić information content (AvgIpc) is 3.18. The summed E-state index contributed by atoms with van der Waals surface area (Å²) in [5.41, 5.74) is 6.49. The minimum atomic E-state index is -3.20. The fraction of sp³-hybridized carbons (Fsp3) is 0.579. The van der Waals surface area contributed by atoms with Crippen LogP contribution in [0.25, 0.3) is 0 Å². The Bertz CT molecular complexity index is 898. The van der Waals surface area contributed by atoms with Gasteiger partial charge in [0.25, 0.3) is 0 Å². The first-order valence-corrected chi connectivity index (χ1v) is 11.2. The monoisotopic (exact) mass is 390 g/mol. The molecule has 1 aromatic heterocycles. The minimum Gasteiger partial charge on any atom is -0.338 e. The summed E-state index contributed by atoms with van der Waals surface area (Å²) in [4.78, 5) is 4.71. The van der Waals surface area contributed by atoms with Gasteiger partial charge in [-0.05, 0) is 44.6 Å². The molecule has 4 rings (SSSR count). The SMILES string of the molecule is CCS(=O)(=O)N1CCC(c2ccccc2)(c2nc(C3(N)CCC3)no2)CC1. The van der Waals surface area contributed by atoms with Gasteiger partial charge in [0.05, 0.1) is 16.7 Å². The predicted octanol–water partition coefficient (Wildman–Crippen LogP) is 2.14. The molecule has 0 spiro atoms. The Balaban J connectivity index is 1.69. The maximum Gasteiger partial charge on any atom is 0.237 e. The van der Waals surface area contributed by atoms with Crippen LogP contribution in [0.1, 0.15) is 56.3 Å². The number of benzene rings is 1. The van der Waals surface area contributed by atoms with E-state index in [4.69, 9.17) is 15.2 Å². The van der Waals surface area contributed by atoms with Crippen molar-refractivity contribution in [2.45, 2.75) is 50.0 Å². The lowest BCUT2D eigenvalue weighted by atomic mass is 9.72. The molecule has 2 aromatic rings. The van der Waals surface area contributed by atoms with Crippen LogP contribution in [0.15, 0.2) is 34.9 Å². The molecular weight excluding hydrogens is 364 g/mol. The number of aromatic nitrogens is 2. The van der Waals surface area contributed by atoms with Crippen LogP contribution in [0.2, 0.25) is 0 Å².